The van der Waals surface area contributed by atoms with Crippen LogP contribution in [0, 0.1) is 5.82 Å². The number of fused-ring (bicyclic) bond motifs is 1. The van der Waals surface area contributed by atoms with Crippen LogP contribution in [-0.4, -0.2) is 44.2 Å². The van der Waals surface area contributed by atoms with Crippen LogP contribution in [0.3, 0.4) is 0 Å². The van der Waals surface area contributed by atoms with Gasteiger partial charge in [0.1, 0.15) is 12.4 Å². The summed E-state index contributed by atoms with van der Waals surface area (Å²) in [5.41, 5.74) is 2.06. The van der Waals surface area contributed by atoms with Gasteiger partial charge in [-0.25, -0.2) is 12.8 Å². The Hall–Kier alpha value is -2.78. The number of amides is 2. The van der Waals surface area contributed by atoms with Crippen molar-refractivity contribution in [1.29, 1.82) is 0 Å². The van der Waals surface area contributed by atoms with Gasteiger partial charge in [0.25, 0.3) is 0 Å². The Morgan fingerprint density at radius 3 is 2.44 bits per heavy atom. The molecule has 2 aromatic carbocycles. The minimum Gasteiger partial charge on any atom is -0.350 e. The van der Waals surface area contributed by atoms with Crippen molar-refractivity contribution < 1.29 is 22.4 Å². The van der Waals surface area contributed by atoms with Gasteiger partial charge in [-0.2, -0.15) is 4.31 Å². The van der Waals surface area contributed by atoms with Crippen LogP contribution in [0.4, 0.5) is 10.1 Å². The number of aryl methyl sites for hydroxylation is 1. The van der Waals surface area contributed by atoms with Gasteiger partial charge in [0.15, 0.2) is 0 Å². The summed E-state index contributed by atoms with van der Waals surface area (Å²) in [5, 5.41) is 2.74. The maximum Gasteiger partial charge on any atom is 0.243 e. The molecule has 2 aliphatic rings. The fourth-order valence-corrected chi connectivity index (χ4v) is 5.70. The molecule has 1 fully saturated rings. The van der Waals surface area contributed by atoms with E-state index in [9.17, 15) is 22.4 Å². The molecule has 7 nitrogen and oxygen atoms in total. The van der Waals surface area contributed by atoms with Crippen LogP contribution in [-0.2, 0) is 32.6 Å². The summed E-state index contributed by atoms with van der Waals surface area (Å²) >= 11 is 0. The molecule has 1 saturated heterocycles. The maximum absolute atomic E-state index is 13.0. The van der Waals surface area contributed by atoms with Crippen LogP contribution in [0.2, 0.25) is 0 Å². The molecule has 32 heavy (non-hydrogen) atoms. The highest BCUT2D eigenvalue weighted by atomic mass is 32.2. The van der Waals surface area contributed by atoms with E-state index in [1.165, 1.54) is 27.4 Å². The van der Waals surface area contributed by atoms with Crippen LogP contribution in [0.5, 0.6) is 0 Å². The largest absolute Gasteiger partial charge is 0.350 e. The molecule has 0 saturated carbocycles. The number of carbonyl (C=O) groups excluding carboxylic acids is 2. The summed E-state index contributed by atoms with van der Waals surface area (Å²) in [6.45, 7) is 1.11. The Bertz CT molecular complexity index is 1110. The highest BCUT2D eigenvalue weighted by molar-refractivity contribution is 7.89. The van der Waals surface area contributed by atoms with E-state index in [1.54, 1.807) is 24.3 Å². The summed E-state index contributed by atoms with van der Waals surface area (Å²) in [4.78, 5) is 26.6. The Balaban J connectivity index is 1.47. The van der Waals surface area contributed by atoms with Gasteiger partial charge in [-0.1, -0.05) is 18.6 Å². The average molecular weight is 460 g/mol. The van der Waals surface area contributed by atoms with Gasteiger partial charge >= 0.3 is 0 Å². The topological polar surface area (TPSA) is 86.8 Å². The number of hydrogen-bond acceptors (Lipinski definition) is 4. The highest BCUT2D eigenvalue weighted by Crippen LogP contribution is 2.31. The quantitative estimate of drug-likeness (QED) is 0.720. The number of carbonyl (C=O) groups is 2. The zero-order valence-electron chi connectivity index (χ0n) is 17.7. The van der Waals surface area contributed by atoms with Crippen LogP contribution >= 0.6 is 0 Å². The van der Waals surface area contributed by atoms with E-state index in [0.717, 1.165) is 30.4 Å². The first kappa shape index (κ1) is 22.4. The van der Waals surface area contributed by atoms with Crippen molar-refractivity contribution in [2.75, 3.05) is 24.5 Å². The molecule has 0 spiro atoms. The van der Waals surface area contributed by atoms with E-state index < -0.39 is 10.0 Å². The molecule has 2 aromatic rings. The smallest absolute Gasteiger partial charge is 0.243 e. The van der Waals surface area contributed by atoms with Crippen LogP contribution in [0.15, 0.2) is 47.4 Å². The van der Waals surface area contributed by atoms with Gasteiger partial charge in [0.2, 0.25) is 21.8 Å². The number of sulfonamides is 1. The van der Waals surface area contributed by atoms with Gasteiger partial charge in [-0.05, 0) is 60.7 Å². The minimum atomic E-state index is -3.57. The molecule has 170 valence electrons. The number of hydrogen-bond donors (Lipinski definition) is 1. The molecule has 0 bridgehead atoms. The van der Waals surface area contributed by atoms with Crippen molar-refractivity contribution in [3.63, 3.8) is 0 Å². The number of nitrogens with zero attached hydrogens (tertiary/aromatic N) is 2. The average Bonchev–Trinajstić information content (AvgIpc) is 2.81. The summed E-state index contributed by atoms with van der Waals surface area (Å²) in [6.07, 6.45) is 3.41. The van der Waals surface area contributed by atoms with Crippen LogP contribution in [0.25, 0.3) is 0 Å². The number of anilines is 1. The van der Waals surface area contributed by atoms with Crippen LogP contribution in [0.1, 0.15) is 36.8 Å². The van der Waals surface area contributed by atoms with Gasteiger partial charge < -0.3 is 10.2 Å². The summed E-state index contributed by atoms with van der Waals surface area (Å²) in [6, 6.07) is 10.6. The molecule has 0 aromatic heterocycles. The lowest BCUT2D eigenvalue weighted by Crippen LogP contribution is -2.43. The van der Waals surface area contributed by atoms with Crippen molar-refractivity contribution >= 4 is 27.5 Å². The summed E-state index contributed by atoms with van der Waals surface area (Å²) in [5.74, 6) is -0.876. The zero-order chi connectivity index (χ0) is 22.7. The lowest BCUT2D eigenvalue weighted by molar-refractivity contribution is -0.124. The molecule has 0 unspecified atom stereocenters. The first-order chi connectivity index (χ1) is 15.3. The Morgan fingerprint density at radius 1 is 1.00 bits per heavy atom. The van der Waals surface area contributed by atoms with Gasteiger partial charge in [-0.15, -0.1) is 0 Å². The third-order valence-corrected chi connectivity index (χ3v) is 7.80. The Morgan fingerprint density at radius 2 is 1.72 bits per heavy atom. The van der Waals surface area contributed by atoms with Crippen molar-refractivity contribution in [2.24, 2.45) is 0 Å². The van der Waals surface area contributed by atoms with Crippen molar-refractivity contribution in [1.82, 2.24) is 9.62 Å². The van der Waals surface area contributed by atoms with Crippen LogP contribution < -0.4 is 10.2 Å². The predicted molar refractivity (Wildman–Crippen MR) is 118 cm³/mol. The molecular formula is C23H26FN3O4S. The third-order valence-electron chi connectivity index (χ3n) is 5.91. The SMILES string of the molecule is O=C(CN1C(=O)CCc2cc(S(=O)(=O)N3CCCCC3)ccc21)NCc1ccc(F)cc1. The van der Waals surface area contributed by atoms with Crippen molar-refractivity contribution in [3.8, 4) is 0 Å². The molecule has 0 atom stereocenters. The molecule has 9 heteroatoms. The number of nitrogens with one attached hydrogen (secondary N) is 1. The van der Waals surface area contributed by atoms with Gasteiger partial charge in [0.05, 0.1) is 4.90 Å². The lowest BCUT2D eigenvalue weighted by atomic mass is 10.0. The van der Waals surface area contributed by atoms with E-state index in [2.05, 4.69) is 5.32 Å². The number of rotatable bonds is 6. The molecule has 2 heterocycles. The van der Waals surface area contributed by atoms with Crippen molar-refractivity contribution in [2.45, 2.75) is 43.5 Å². The second-order valence-electron chi connectivity index (χ2n) is 8.14. The van der Waals surface area contributed by atoms with Gasteiger partial charge in [0, 0.05) is 31.7 Å². The first-order valence-electron chi connectivity index (χ1n) is 10.8. The first-order valence-corrected chi connectivity index (χ1v) is 12.2. The minimum absolute atomic E-state index is 0.161. The monoisotopic (exact) mass is 459 g/mol. The number of halogens is 1. The van der Waals surface area contributed by atoms with E-state index in [1.807, 2.05) is 0 Å². The third kappa shape index (κ3) is 4.83. The normalized spacial score (nSPS) is 17.2. The molecular weight excluding hydrogens is 433 g/mol. The number of piperidine rings is 1. The maximum atomic E-state index is 13.0. The van der Waals surface area contributed by atoms with E-state index in [-0.39, 0.29) is 42.0 Å². The van der Waals surface area contributed by atoms with Crippen molar-refractivity contribution in [3.05, 3.63) is 59.4 Å². The Kier molecular flexibility index (Phi) is 6.57. The standard InChI is InChI=1S/C23H26FN3O4S/c24-19-7-4-17(5-8-19)15-25-22(28)16-27-21-10-9-20(14-18(21)6-11-23(27)29)32(30,31)26-12-2-1-3-13-26/h4-5,7-10,14H,1-3,6,11-13,15-16H2,(H,25,28). The predicted octanol–water partition coefficient (Wildman–Crippen LogP) is 2.60. The van der Waals surface area contributed by atoms with Gasteiger partial charge in [-0.3, -0.25) is 9.59 Å². The molecule has 4 rings (SSSR count). The summed E-state index contributed by atoms with van der Waals surface area (Å²) in [7, 11) is -3.57. The van der Waals surface area contributed by atoms with E-state index in [4.69, 9.17) is 0 Å². The second kappa shape index (κ2) is 9.38. The van der Waals surface area contributed by atoms with E-state index >= 15 is 0 Å². The fraction of sp³-hybridized carbons (Fsp3) is 0.391. The molecule has 0 aliphatic carbocycles. The molecule has 0 radical (unpaired) electrons. The highest BCUT2D eigenvalue weighted by Gasteiger charge is 2.30. The molecule has 1 N–H and O–H groups in total. The molecule has 2 amide bonds. The van der Waals surface area contributed by atoms with E-state index in [0.29, 0.717) is 25.2 Å². The number of benzene rings is 2. The second-order valence-corrected chi connectivity index (χ2v) is 10.1. The lowest BCUT2D eigenvalue weighted by Gasteiger charge is -2.30. The fourth-order valence-electron chi connectivity index (χ4n) is 4.13. The summed E-state index contributed by atoms with van der Waals surface area (Å²) < 4.78 is 40.5. The Labute approximate surface area is 187 Å². The zero-order valence-corrected chi connectivity index (χ0v) is 18.5. The molecule has 2 aliphatic heterocycles.